The van der Waals surface area contributed by atoms with Crippen LogP contribution in [0.3, 0.4) is 0 Å². The van der Waals surface area contributed by atoms with Gasteiger partial charge in [-0.2, -0.15) is 0 Å². The highest BCUT2D eigenvalue weighted by Crippen LogP contribution is 2.26. The molecule has 0 amide bonds. The molecule has 1 aliphatic carbocycles. The molecule has 1 aliphatic heterocycles. The van der Waals surface area contributed by atoms with Crippen molar-refractivity contribution in [2.24, 2.45) is 4.99 Å². The second kappa shape index (κ2) is 11.4. The molecule has 2 aromatic rings. The highest BCUT2D eigenvalue weighted by atomic mass is 127. The Kier molecular flexibility index (Phi) is 8.60. The van der Waals surface area contributed by atoms with Gasteiger partial charge >= 0.3 is 0 Å². The summed E-state index contributed by atoms with van der Waals surface area (Å²) >= 11 is 0. The van der Waals surface area contributed by atoms with Crippen LogP contribution >= 0.6 is 24.0 Å². The van der Waals surface area contributed by atoms with Crippen molar-refractivity contribution in [1.29, 1.82) is 0 Å². The van der Waals surface area contributed by atoms with E-state index >= 15 is 0 Å². The van der Waals surface area contributed by atoms with Crippen LogP contribution in [0, 0.1) is 0 Å². The minimum absolute atomic E-state index is 0. The number of guanidine groups is 1. The molecule has 2 heterocycles. The average Bonchev–Trinajstić information content (AvgIpc) is 3.43. The zero-order valence-electron chi connectivity index (χ0n) is 17.5. The molecule has 4 rings (SSSR count). The number of hydrogen-bond donors (Lipinski definition) is 2. The molecule has 0 saturated heterocycles. The van der Waals surface area contributed by atoms with Gasteiger partial charge < -0.3 is 20.1 Å². The van der Waals surface area contributed by atoms with Gasteiger partial charge in [-0.1, -0.05) is 18.2 Å². The SMILES string of the molecule is CN=C(NCCc1ccc2c(c1)CCO2)NCc1cccnc1OC1CCCC1.I. The summed E-state index contributed by atoms with van der Waals surface area (Å²) in [5.74, 6) is 2.55. The van der Waals surface area contributed by atoms with Crippen LogP contribution in [0.2, 0.25) is 0 Å². The first-order valence-electron chi connectivity index (χ1n) is 10.6. The summed E-state index contributed by atoms with van der Waals surface area (Å²) in [7, 11) is 1.79. The minimum atomic E-state index is 0. The van der Waals surface area contributed by atoms with Gasteiger partial charge in [0.2, 0.25) is 5.88 Å². The Morgan fingerprint density at radius 3 is 2.93 bits per heavy atom. The van der Waals surface area contributed by atoms with E-state index in [9.17, 15) is 0 Å². The number of aliphatic imine (C=N–C) groups is 1. The van der Waals surface area contributed by atoms with E-state index < -0.39 is 0 Å². The summed E-state index contributed by atoms with van der Waals surface area (Å²) in [6.07, 6.45) is 8.80. The Hall–Kier alpha value is -2.03. The molecule has 1 saturated carbocycles. The van der Waals surface area contributed by atoms with E-state index in [1.165, 1.54) is 24.0 Å². The van der Waals surface area contributed by atoms with Gasteiger partial charge in [-0.15, -0.1) is 24.0 Å². The summed E-state index contributed by atoms with van der Waals surface area (Å²) in [5, 5.41) is 6.77. The fraction of sp³-hybridized carbons (Fsp3) is 0.478. The van der Waals surface area contributed by atoms with E-state index in [-0.39, 0.29) is 24.0 Å². The van der Waals surface area contributed by atoms with Crippen LogP contribution in [0.5, 0.6) is 11.6 Å². The number of halogens is 1. The summed E-state index contributed by atoms with van der Waals surface area (Å²) in [5.41, 5.74) is 3.69. The molecule has 6 nitrogen and oxygen atoms in total. The van der Waals surface area contributed by atoms with Crippen molar-refractivity contribution < 1.29 is 9.47 Å². The standard InChI is InChI=1S/C23H30N4O2.HI/c1-24-23(26-13-10-17-8-9-21-18(15-17)11-14-28-21)27-16-19-5-4-12-25-22(19)29-20-6-2-3-7-20;/h4-5,8-9,12,15,20H,2-3,6-7,10-11,13-14,16H2,1H3,(H2,24,26,27);1H. The second-order valence-corrected chi connectivity index (χ2v) is 7.64. The van der Waals surface area contributed by atoms with Crippen molar-refractivity contribution in [3.05, 3.63) is 53.2 Å². The molecule has 0 atom stereocenters. The van der Waals surface area contributed by atoms with Crippen LogP contribution in [0.1, 0.15) is 42.4 Å². The number of pyridine rings is 1. The van der Waals surface area contributed by atoms with E-state index in [0.29, 0.717) is 12.6 Å². The van der Waals surface area contributed by atoms with Crippen molar-refractivity contribution in [1.82, 2.24) is 15.6 Å². The molecule has 2 N–H and O–H groups in total. The quantitative estimate of drug-likeness (QED) is 0.329. The maximum absolute atomic E-state index is 6.13. The maximum atomic E-state index is 6.13. The average molecular weight is 522 g/mol. The van der Waals surface area contributed by atoms with E-state index in [1.807, 2.05) is 6.07 Å². The zero-order valence-corrected chi connectivity index (χ0v) is 19.9. The maximum Gasteiger partial charge on any atom is 0.218 e. The number of hydrogen-bond acceptors (Lipinski definition) is 4. The van der Waals surface area contributed by atoms with Gasteiger partial charge in [-0.3, -0.25) is 4.99 Å². The molecular formula is C23H31IN4O2. The van der Waals surface area contributed by atoms with Crippen LogP contribution in [-0.4, -0.2) is 37.2 Å². The first-order valence-corrected chi connectivity index (χ1v) is 10.6. The molecule has 2 aliphatic rings. The van der Waals surface area contributed by atoms with Gasteiger partial charge in [0.25, 0.3) is 0 Å². The Labute approximate surface area is 195 Å². The normalized spacial score (nSPS) is 15.8. The monoisotopic (exact) mass is 522 g/mol. The van der Waals surface area contributed by atoms with Crippen LogP contribution in [-0.2, 0) is 19.4 Å². The number of aromatic nitrogens is 1. The zero-order chi connectivity index (χ0) is 19.9. The third kappa shape index (κ3) is 6.00. The molecule has 0 radical (unpaired) electrons. The highest BCUT2D eigenvalue weighted by molar-refractivity contribution is 14.0. The van der Waals surface area contributed by atoms with Crippen LogP contribution in [0.4, 0.5) is 0 Å². The van der Waals surface area contributed by atoms with Crippen molar-refractivity contribution in [3.8, 4) is 11.6 Å². The smallest absolute Gasteiger partial charge is 0.218 e. The predicted octanol–water partition coefficient (Wildman–Crippen LogP) is 3.86. The Balaban J connectivity index is 0.00000256. The van der Waals surface area contributed by atoms with Crippen LogP contribution in [0.25, 0.3) is 0 Å². The molecule has 0 unspecified atom stereocenters. The number of nitrogens with zero attached hydrogens (tertiary/aromatic N) is 2. The van der Waals surface area contributed by atoms with Crippen molar-refractivity contribution in [3.63, 3.8) is 0 Å². The minimum Gasteiger partial charge on any atom is -0.493 e. The molecule has 162 valence electrons. The summed E-state index contributed by atoms with van der Waals surface area (Å²) in [4.78, 5) is 8.78. The number of fused-ring (bicyclic) bond motifs is 1. The molecule has 30 heavy (non-hydrogen) atoms. The van der Waals surface area contributed by atoms with Gasteiger partial charge in [-0.05, 0) is 55.4 Å². The molecule has 0 bridgehead atoms. The molecule has 1 aromatic heterocycles. The van der Waals surface area contributed by atoms with Crippen LogP contribution in [0.15, 0.2) is 41.5 Å². The first-order chi connectivity index (χ1) is 14.3. The topological polar surface area (TPSA) is 67.8 Å². The molecule has 0 spiro atoms. The third-order valence-electron chi connectivity index (χ3n) is 5.56. The van der Waals surface area contributed by atoms with Gasteiger partial charge in [0.1, 0.15) is 11.9 Å². The Morgan fingerprint density at radius 2 is 2.10 bits per heavy atom. The second-order valence-electron chi connectivity index (χ2n) is 7.64. The van der Waals surface area contributed by atoms with Gasteiger partial charge in [0.15, 0.2) is 5.96 Å². The third-order valence-corrected chi connectivity index (χ3v) is 5.56. The summed E-state index contributed by atoms with van der Waals surface area (Å²) < 4.78 is 11.7. The van der Waals surface area contributed by atoms with Crippen molar-refractivity contribution >= 4 is 29.9 Å². The Morgan fingerprint density at radius 1 is 1.23 bits per heavy atom. The van der Waals surface area contributed by atoms with Crippen molar-refractivity contribution in [2.45, 2.75) is 51.2 Å². The Bertz CT molecular complexity index is 853. The molecular weight excluding hydrogens is 491 g/mol. The van der Waals surface area contributed by atoms with Crippen LogP contribution < -0.4 is 20.1 Å². The fourth-order valence-corrected chi connectivity index (χ4v) is 3.95. The van der Waals surface area contributed by atoms with E-state index in [4.69, 9.17) is 9.47 Å². The largest absolute Gasteiger partial charge is 0.493 e. The van der Waals surface area contributed by atoms with Gasteiger partial charge in [0, 0.05) is 38.3 Å². The fourth-order valence-electron chi connectivity index (χ4n) is 3.95. The number of benzene rings is 1. The van der Waals surface area contributed by atoms with E-state index in [1.54, 1.807) is 13.2 Å². The predicted molar refractivity (Wildman–Crippen MR) is 130 cm³/mol. The van der Waals surface area contributed by atoms with Gasteiger partial charge in [-0.25, -0.2) is 4.98 Å². The number of nitrogens with one attached hydrogen (secondary N) is 2. The van der Waals surface area contributed by atoms with E-state index in [0.717, 1.165) is 62.0 Å². The first kappa shape index (κ1) is 22.7. The lowest BCUT2D eigenvalue weighted by molar-refractivity contribution is 0.199. The van der Waals surface area contributed by atoms with Gasteiger partial charge in [0.05, 0.1) is 6.61 Å². The van der Waals surface area contributed by atoms with Crippen molar-refractivity contribution in [2.75, 3.05) is 20.2 Å². The number of rotatable bonds is 7. The molecule has 1 fully saturated rings. The lowest BCUT2D eigenvalue weighted by Gasteiger charge is -2.17. The highest BCUT2D eigenvalue weighted by Gasteiger charge is 2.18. The lowest BCUT2D eigenvalue weighted by Crippen LogP contribution is -2.38. The molecule has 1 aromatic carbocycles. The van der Waals surface area contributed by atoms with E-state index in [2.05, 4.69) is 44.9 Å². The summed E-state index contributed by atoms with van der Waals surface area (Å²) in [6, 6.07) is 10.5. The number of ether oxygens (including phenoxy) is 2. The molecule has 7 heteroatoms. The summed E-state index contributed by atoms with van der Waals surface area (Å²) in [6.45, 7) is 2.25. The lowest BCUT2D eigenvalue weighted by atomic mass is 10.1.